The average Bonchev–Trinajstić information content (AvgIpc) is 2.82. The van der Waals surface area contributed by atoms with Crippen molar-refractivity contribution in [3.63, 3.8) is 0 Å². The number of nitriles is 2. The van der Waals surface area contributed by atoms with E-state index in [9.17, 15) is 20.1 Å². The molecule has 1 amide bonds. The van der Waals surface area contributed by atoms with Crippen molar-refractivity contribution in [1.29, 1.82) is 10.5 Å². The van der Waals surface area contributed by atoms with E-state index >= 15 is 0 Å². The Morgan fingerprint density at radius 3 is 2.38 bits per heavy atom. The lowest BCUT2D eigenvalue weighted by Crippen LogP contribution is -2.14. The Balaban J connectivity index is 1.79. The molecule has 34 heavy (non-hydrogen) atoms. The molecule has 0 aliphatic rings. The van der Waals surface area contributed by atoms with Gasteiger partial charge in [-0.1, -0.05) is 47.5 Å². The van der Waals surface area contributed by atoms with Crippen LogP contribution in [0.25, 0.3) is 6.08 Å². The van der Waals surface area contributed by atoms with Crippen LogP contribution in [-0.2, 0) is 11.4 Å². The van der Waals surface area contributed by atoms with Gasteiger partial charge in [0.15, 0.2) is 5.75 Å². The van der Waals surface area contributed by atoms with E-state index in [1.54, 1.807) is 30.3 Å². The number of halogens is 2. The molecule has 0 aromatic heterocycles. The molecular weight excluding hydrogens is 477 g/mol. The molecular formula is C25H15Cl2N3O4. The monoisotopic (exact) mass is 491 g/mol. The second kappa shape index (κ2) is 11.0. The molecule has 0 unspecified atom stereocenters. The molecule has 168 valence electrons. The van der Waals surface area contributed by atoms with Gasteiger partial charge in [0.1, 0.15) is 18.2 Å². The van der Waals surface area contributed by atoms with E-state index in [-0.39, 0.29) is 39.2 Å². The SMILES string of the molecule is N#C/C(=C/c1cc(Cl)c(OCc2ccccc2C#N)c(Cl)c1)C(=O)Nc1cccc(C(=O)O)c1. The molecule has 0 radical (unpaired) electrons. The van der Waals surface area contributed by atoms with E-state index in [1.807, 2.05) is 0 Å². The number of aromatic carboxylic acids is 1. The second-order valence-corrected chi connectivity index (χ2v) is 7.70. The Bertz CT molecular complexity index is 1360. The highest BCUT2D eigenvalue weighted by molar-refractivity contribution is 6.37. The zero-order chi connectivity index (χ0) is 24.7. The minimum absolute atomic E-state index is 0.00756. The molecule has 0 aliphatic heterocycles. The number of carboxylic acid groups (broad SMARTS) is 1. The van der Waals surface area contributed by atoms with E-state index in [4.69, 9.17) is 33.0 Å². The van der Waals surface area contributed by atoms with Crippen LogP contribution in [0.5, 0.6) is 5.75 Å². The Hall–Kier alpha value is -4.30. The van der Waals surface area contributed by atoms with Crippen molar-refractivity contribution < 1.29 is 19.4 Å². The Labute approximate surface area is 205 Å². The summed E-state index contributed by atoms with van der Waals surface area (Å²) in [5, 5.41) is 30.5. The first-order valence-electron chi connectivity index (χ1n) is 9.68. The number of amides is 1. The molecule has 3 aromatic rings. The lowest BCUT2D eigenvalue weighted by Gasteiger charge is -2.12. The number of carbonyl (C=O) groups excluding carboxylic acids is 1. The lowest BCUT2D eigenvalue weighted by atomic mass is 10.1. The molecule has 7 nitrogen and oxygen atoms in total. The van der Waals surface area contributed by atoms with E-state index in [0.717, 1.165) is 0 Å². The van der Waals surface area contributed by atoms with Gasteiger partial charge in [0, 0.05) is 11.3 Å². The van der Waals surface area contributed by atoms with Gasteiger partial charge in [-0.3, -0.25) is 4.79 Å². The summed E-state index contributed by atoms with van der Waals surface area (Å²) >= 11 is 12.6. The quantitative estimate of drug-likeness (QED) is 0.323. The smallest absolute Gasteiger partial charge is 0.335 e. The third-order valence-corrected chi connectivity index (χ3v) is 5.14. The van der Waals surface area contributed by atoms with Crippen LogP contribution in [0.3, 0.4) is 0 Å². The highest BCUT2D eigenvalue weighted by Gasteiger charge is 2.14. The van der Waals surface area contributed by atoms with Gasteiger partial charge in [0.05, 0.1) is 27.2 Å². The molecule has 0 spiro atoms. The molecule has 0 atom stereocenters. The summed E-state index contributed by atoms with van der Waals surface area (Å²) in [5.41, 5.74) is 1.48. The number of hydrogen-bond donors (Lipinski definition) is 2. The number of hydrogen-bond acceptors (Lipinski definition) is 5. The topological polar surface area (TPSA) is 123 Å². The number of nitrogens with one attached hydrogen (secondary N) is 1. The van der Waals surface area contributed by atoms with Crippen molar-refractivity contribution in [2.24, 2.45) is 0 Å². The number of carbonyl (C=O) groups is 2. The Kier molecular flexibility index (Phi) is 7.89. The van der Waals surface area contributed by atoms with Crippen LogP contribution in [0.1, 0.15) is 27.0 Å². The van der Waals surface area contributed by atoms with Gasteiger partial charge in [-0.2, -0.15) is 10.5 Å². The van der Waals surface area contributed by atoms with Crippen LogP contribution < -0.4 is 10.1 Å². The Morgan fingerprint density at radius 2 is 1.74 bits per heavy atom. The lowest BCUT2D eigenvalue weighted by molar-refractivity contribution is -0.112. The van der Waals surface area contributed by atoms with Gasteiger partial charge < -0.3 is 15.2 Å². The van der Waals surface area contributed by atoms with E-state index in [2.05, 4.69) is 11.4 Å². The Morgan fingerprint density at radius 1 is 1.03 bits per heavy atom. The number of benzene rings is 3. The van der Waals surface area contributed by atoms with Crippen LogP contribution in [0.15, 0.2) is 66.2 Å². The van der Waals surface area contributed by atoms with Crippen molar-refractivity contribution >= 4 is 46.8 Å². The minimum atomic E-state index is -1.14. The normalized spacial score (nSPS) is 10.6. The largest absolute Gasteiger partial charge is 0.486 e. The number of carboxylic acids is 1. The third-order valence-electron chi connectivity index (χ3n) is 4.57. The third kappa shape index (κ3) is 5.93. The van der Waals surface area contributed by atoms with Gasteiger partial charge in [0.25, 0.3) is 5.91 Å². The molecule has 0 bridgehead atoms. The predicted octanol–water partition coefficient (Wildman–Crippen LogP) is 5.69. The van der Waals surface area contributed by atoms with E-state index in [1.165, 1.54) is 42.5 Å². The van der Waals surface area contributed by atoms with Gasteiger partial charge in [-0.15, -0.1) is 0 Å². The van der Waals surface area contributed by atoms with Gasteiger partial charge in [0.2, 0.25) is 0 Å². The van der Waals surface area contributed by atoms with Crippen molar-refractivity contribution in [2.45, 2.75) is 6.61 Å². The molecule has 9 heteroatoms. The minimum Gasteiger partial charge on any atom is -0.486 e. The summed E-state index contributed by atoms with van der Waals surface area (Å²) < 4.78 is 5.71. The van der Waals surface area contributed by atoms with E-state index in [0.29, 0.717) is 16.7 Å². The van der Waals surface area contributed by atoms with E-state index < -0.39 is 11.9 Å². The van der Waals surface area contributed by atoms with Crippen LogP contribution in [0.4, 0.5) is 5.69 Å². The summed E-state index contributed by atoms with van der Waals surface area (Å²) in [5.74, 6) is -1.68. The fourth-order valence-corrected chi connectivity index (χ4v) is 3.56. The number of anilines is 1. The van der Waals surface area contributed by atoms with Gasteiger partial charge in [-0.25, -0.2) is 4.79 Å². The molecule has 0 heterocycles. The zero-order valence-corrected chi connectivity index (χ0v) is 18.9. The molecule has 0 saturated heterocycles. The first-order chi connectivity index (χ1) is 16.3. The fraction of sp³-hybridized carbons (Fsp3) is 0.0400. The van der Waals surface area contributed by atoms with Gasteiger partial charge in [-0.05, 0) is 48.0 Å². The van der Waals surface area contributed by atoms with Crippen molar-refractivity contribution in [2.75, 3.05) is 5.32 Å². The summed E-state index contributed by atoms with van der Waals surface area (Å²) in [7, 11) is 0. The van der Waals surface area contributed by atoms with Crippen LogP contribution in [0.2, 0.25) is 10.0 Å². The van der Waals surface area contributed by atoms with Crippen LogP contribution >= 0.6 is 23.2 Å². The number of rotatable bonds is 7. The molecule has 0 aliphatic carbocycles. The van der Waals surface area contributed by atoms with Crippen LogP contribution in [0, 0.1) is 22.7 Å². The number of nitrogens with zero attached hydrogens (tertiary/aromatic N) is 2. The number of ether oxygens (including phenoxy) is 1. The van der Waals surface area contributed by atoms with Crippen LogP contribution in [-0.4, -0.2) is 17.0 Å². The summed E-state index contributed by atoms with van der Waals surface area (Å²) in [6.07, 6.45) is 1.29. The molecule has 0 saturated carbocycles. The highest BCUT2D eigenvalue weighted by Crippen LogP contribution is 2.35. The maximum absolute atomic E-state index is 12.5. The molecule has 2 N–H and O–H groups in total. The van der Waals surface area contributed by atoms with Crippen molar-refractivity contribution in [3.8, 4) is 17.9 Å². The first-order valence-corrected chi connectivity index (χ1v) is 10.4. The molecule has 3 rings (SSSR count). The maximum atomic E-state index is 12.5. The molecule has 3 aromatic carbocycles. The molecule has 0 fully saturated rings. The standard InChI is InChI=1S/C25H15Cl2N3O4/c26-21-9-15(10-22(27)23(21)34-14-18-5-2-1-4-17(18)12-28)8-19(13-29)24(31)30-20-7-3-6-16(11-20)25(32)33/h1-11H,14H2,(H,30,31)(H,32,33)/b19-8-. The van der Waals surface area contributed by atoms with Crippen molar-refractivity contribution in [1.82, 2.24) is 0 Å². The summed E-state index contributed by atoms with van der Waals surface area (Å²) in [6, 6.07) is 19.4. The maximum Gasteiger partial charge on any atom is 0.335 e. The average molecular weight is 492 g/mol. The fourth-order valence-electron chi connectivity index (χ4n) is 2.95. The highest BCUT2D eigenvalue weighted by atomic mass is 35.5. The zero-order valence-electron chi connectivity index (χ0n) is 17.4. The second-order valence-electron chi connectivity index (χ2n) is 6.88. The van der Waals surface area contributed by atoms with Crippen molar-refractivity contribution in [3.05, 3.63) is 98.5 Å². The van der Waals surface area contributed by atoms with Gasteiger partial charge >= 0.3 is 5.97 Å². The first kappa shape index (κ1) is 24.3. The summed E-state index contributed by atoms with van der Waals surface area (Å²) in [4.78, 5) is 23.6. The summed E-state index contributed by atoms with van der Waals surface area (Å²) in [6.45, 7) is 0.0691. The predicted molar refractivity (Wildman–Crippen MR) is 128 cm³/mol.